The molecule has 0 spiro atoms. The zero-order valence-corrected chi connectivity index (χ0v) is 16.2. The zero-order chi connectivity index (χ0) is 20.4. The van der Waals surface area contributed by atoms with Crippen molar-refractivity contribution < 1.29 is 33.0 Å². The summed E-state index contributed by atoms with van der Waals surface area (Å²) in [4.78, 5) is 49.3. The average Bonchev–Trinajstić information content (AvgIpc) is 3.06. The Kier molecular flexibility index (Phi) is 6.10. The van der Waals surface area contributed by atoms with Crippen LogP contribution < -0.4 is 0 Å². The highest BCUT2D eigenvalue weighted by Crippen LogP contribution is 2.44. The molecule has 6 nitrogen and oxygen atoms in total. The minimum atomic E-state index is -1.42. The van der Waals surface area contributed by atoms with E-state index in [1.165, 1.54) is 0 Å². The first kappa shape index (κ1) is 20.4. The molecular weight excluding hydrogens is 367 g/mol. The van der Waals surface area contributed by atoms with Gasteiger partial charge >= 0.3 is 23.9 Å². The van der Waals surface area contributed by atoms with Crippen LogP contribution in [0.4, 0.5) is 4.39 Å². The minimum Gasteiger partial charge on any atom is -0.386 e. The lowest BCUT2D eigenvalue weighted by molar-refractivity contribution is -0.153. The molecule has 0 amide bonds. The van der Waals surface area contributed by atoms with Crippen molar-refractivity contribution in [1.29, 1.82) is 0 Å². The van der Waals surface area contributed by atoms with E-state index < -0.39 is 41.9 Å². The number of rotatable bonds is 7. The van der Waals surface area contributed by atoms with Crippen molar-refractivity contribution in [1.82, 2.24) is 0 Å². The van der Waals surface area contributed by atoms with Gasteiger partial charge in [-0.05, 0) is 31.6 Å². The first-order valence-corrected chi connectivity index (χ1v) is 10.0. The Morgan fingerprint density at radius 1 is 0.857 bits per heavy atom. The molecule has 0 fully saturated rings. The van der Waals surface area contributed by atoms with Crippen LogP contribution in [0.15, 0.2) is 22.3 Å². The molecule has 0 radical (unpaired) electrons. The Bertz CT molecular complexity index is 778. The third kappa shape index (κ3) is 3.66. The molecule has 0 aromatic rings. The molecule has 3 unspecified atom stereocenters. The predicted octanol–water partition coefficient (Wildman–Crippen LogP) is 3.49. The van der Waals surface area contributed by atoms with Gasteiger partial charge in [0.1, 0.15) is 6.17 Å². The van der Waals surface area contributed by atoms with E-state index in [0.717, 1.165) is 19.3 Å². The zero-order valence-electron chi connectivity index (χ0n) is 16.2. The Balaban J connectivity index is 2.07. The summed E-state index contributed by atoms with van der Waals surface area (Å²) >= 11 is 0. The van der Waals surface area contributed by atoms with Crippen molar-refractivity contribution in [2.75, 3.05) is 0 Å². The lowest BCUT2D eigenvalue weighted by atomic mass is 9.75. The van der Waals surface area contributed by atoms with Gasteiger partial charge in [-0.3, -0.25) is 0 Å². The summed E-state index contributed by atoms with van der Waals surface area (Å²) in [6, 6.07) is 0. The molecule has 3 aliphatic rings. The van der Waals surface area contributed by atoms with E-state index in [-0.39, 0.29) is 41.6 Å². The minimum absolute atomic E-state index is 0.0359. The van der Waals surface area contributed by atoms with Gasteiger partial charge in [0, 0.05) is 17.1 Å². The molecule has 7 heteroatoms. The van der Waals surface area contributed by atoms with E-state index in [1.807, 2.05) is 13.8 Å². The lowest BCUT2D eigenvalue weighted by Crippen LogP contribution is -2.26. The molecule has 3 atom stereocenters. The molecule has 1 aliphatic carbocycles. The van der Waals surface area contributed by atoms with Gasteiger partial charge in [0.15, 0.2) is 0 Å². The highest BCUT2D eigenvalue weighted by atomic mass is 19.1. The predicted molar refractivity (Wildman–Crippen MR) is 96.4 cm³/mol. The lowest BCUT2D eigenvalue weighted by Gasteiger charge is -2.26. The fourth-order valence-electron chi connectivity index (χ4n) is 4.32. The molecule has 152 valence electrons. The van der Waals surface area contributed by atoms with Gasteiger partial charge in [0.2, 0.25) is 0 Å². The fraction of sp³-hybridized carbons (Fsp3) is 0.619. The van der Waals surface area contributed by atoms with Gasteiger partial charge in [-0.1, -0.05) is 39.5 Å². The SMILES string of the molecule is CCCCC1CC2=C(C(=O)OC2=O)C(C(F)CCCC)CC2=C1C(=O)OC2=O. The number of ether oxygens (including phenoxy) is 2. The van der Waals surface area contributed by atoms with Crippen LogP contribution in [0, 0.1) is 11.8 Å². The maximum Gasteiger partial charge on any atom is 0.342 e. The Labute approximate surface area is 163 Å². The molecule has 0 aromatic carbocycles. The molecule has 0 aromatic heterocycles. The summed E-state index contributed by atoms with van der Waals surface area (Å²) in [6.07, 6.45) is 2.32. The number of unbranched alkanes of at least 4 members (excludes halogenated alkanes) is 2. The number of esters is 4. The monoisotopic (exact) mass is 392 g/mol. The number of halogens is 1. The summed E-state index contributed by atoms with van der Waals surface area (Å²) in [5.74, 6) is -4.50. The van der Waals surface area contributed by atoms with E-state index >= 15 is 4.39 Å². The molecular formula is C21H25FO6. The Hall–Kier alpha value is -2.31. The summed E-state index contributed by atoms with van der Waals surface area (Å²) in [7, 11) is 0. The van der Waals surface area contributed by atoms with Gasteiger partial charge in [-0.25, -0.2) is 23.6 Å². The smallest absolute Gasteiger partial charge is 0.342 e. The van der Waals surface area contributed by atoms with Crippen molar-refractivity contribution in [2.45, 2.75) is 71.4 Å². The maximum atomic E-state index is 15.1. The largest absolute Gasteiger partial charge is 0.386 e. The topological polar surface area (TPSA) is 86.7 Å². The number of hydrogen-bond acceptors (Lipinski definition) is 6. The van der Waals surface area contributed by atoms with Crippen LogP contribution in [0.5, 0.6) is 0 Å². The number of carbonyl (C=O) groups is 4. The third-order valence-electron chi connectivity index (χ3n) is 5.78. The summed E-state index contributed by atoms with van der Waals surface area (Å²) in [5.41, 5.74) is 0.571. The van der Waals surface area contributed by atoms with E-state index in [0.29, 0.717) is 12.8 Å². The molecule has 0 N–H and O–H groups in total. The van der Waals surface area contributed by atoms with Crippen molar-refractivity contribution in [3.8, 4) is 0 Å². The van der Waals surface area contributed by atoms with Crippen LogP contribution in [0.1, 0.15) is 65.2 Å². The van der Waals surface area contributed by atoms with E-state index in [9.17, 15) is 19.2 Å². The normalized spacial score (nSPS) is 26.0. The molecule has 2 heterocycles. The number of carbonyl (C=O) groups excluding carboxylic acids is 4. The van der Waals surface area contributed by atoms with Gasteiger partial charge < -0.3 is 9.47 Å². The third-order valence-corrected chi connectivity index (χ3v) is 5.78. The molecule has 3 rings (SSSR count). The Morgan fingerprint density at radius 3 is 2.04 bits per heavy atom. The average molecular weight is 392 g/mol. The van der Waals surface area contributed by atoms with Gasteiger partial charge in [0.25, 0.3) is 0 Å². The van der Waals surface area contributed by atoms with Gasteiger partial charge in [-0.2, -0.15) is 0 Å². The molecule has 0 bridgehead atoms. The van der Waals surface area contributed by atoms with E-state index in [4.69, 9.17) is 9.47 Å². The van der Waals surface area contributed by atoms with Crippen LogP contribution in [0.3, 0.4) is 0 Å². The highest BCUT2D eigenvalue weighted by molar-refractivity contribution is 6.15. The van der Waals surface area contributed by atoms with Crippen LogP contribution in [-0.4, -0.2) is 30.0 Å². The van der Waals surface area contributed by atoms with Crippen LogP contribution >= 0.6 is 0 Å². The number of hydrogen-bond donors (Lipinski definition) is 0. The Morgan fingerprint density at radius 2 is 1.43 bits per heavy atom. The van der Waals surface area contributed by atoms with Crippen molar-refractivity contribution in [3.05, 3.63) is 22.3 Å². The summed E-state index contributed by atoms with van der Waals surface area (Å²) in [5, 5.41) is 0. The van der Waals surface area contributed by atoms with E-state index in [1.54, 1.807) is 0 Å². The maximum absolute atomic E-state index is 15.1. The first-order valence-electron chi connectivity index (χ1n) is 10.0. The first-order chi connectivity index (χ1) is 13.4. The fourth-order valence-corrected chi connectivity index (χ4v) is 4.32. The number of alkyl halides is 1. The van der Waals surface area contributed by atoms with Gasteiger partial charge in [0.05, 0.1) is 11.1 Å². The molecule has 28 heavy (non-hydrogen) atoms. The standard InChI is InChI=1S/C21H25FO6/c1-3-5-7-11-9-13-17(21(26)28-18(13)23)12(15(22)8-6-4-2)10-14-16(11)20(25)27-19(14)24/h11-12,15H,3-10H2,1-2H3. The van der Waals surface area contributed by atoms with Crippen molar-refractivity contribution >= 4 is 23.9 Å². The quantitative estimate of drug-likeness (QED) is 0.487. The second kappa shape index (κ2) is 8.37. The molecule has 2 aliphatic heterocycles. The highest BCUT2D eigenvalue weighted by Gasteiger charge is 2.48. The summed E-state index contributed by atoms with van der Waals surface area (Å²) in [6.45, 7) is 3.92. The van der Waals surface area contributed by atoms with Crippen LogP contribution in [0.2, 0.25) is 0 Å². The summed E-state index contributed by atoms with van der Waals surface area (Å²) < 4.78 is 24.7. The van der Waals surface area contributed by atoms with Crippen molar-refractivity contribution in [2.24, 2.45) is 11.8 Å². The second-order valence-electron chi connectivity index (χ2n) is 7.65. The van der Waals surface area contributed by atoms with Crippen molar-refractivity contribution in [3.63, 3.8) is 0 Å². The molecule has 0 saturated carbocycles. The van der Waals surface area contributed by atoms with Crippen LogP contribution in [-0.2, 0) is 28.7 Å². The molecule has 0 saturated heterocycles. The number of cyclic esters (lactones) is 4. The van der Waals surface area contributed by atoms with Crippen LogP contribution in [0.25, 0.3) is 0 Å². The van der Waals surface area contributed by atoms with E-state index in [2.05, 4.69) is 0 Å². The van der Waals surface area contributed by atoms with Gasteiger partial charge in [-0.15, -0.1) is 0 Å². The second-order valence-corrected chi connectivity index (χ2v) is 7.65.